The lowest BCUT2D eigenvalue weighted by Gasteiger charge is -2.31. The monoisotopic (exact) mass is 509 g/mol. The standard InChI is InChI=1S/C29H31N7O2/c1-2-31-28(38)23-18-36(21-11-10-19-6-5-7-20(19)16-21)27-22(26(23)37)17-32-29(34-27)33-24-8-3-4-9-25(24)35-14-12-30-13-15-35/h3-4,8-11,16-18,30H,2,5-7,12-15H2,1H3,(H,31,38)(H,32,33,34). The molecule has 2 aromatic heterocycles. The molecule has 3 heterocycles. The number of hydrogen-bond acceptors (Lipinski definition) is 7. The highest BCUT2D eigenvalue weighted by molar-refractivity contribution is 5.97. The van der Waals surface area contributed by atoms with E-state index in [0.29, 0.717) is 23.5 Å². The molecule has 9 nitrogen and oxygen atoms in total. The van der Waals surface area contributed by atoms with Gasteiger partial charge in [-0.1, -0.05) is 18.2 Å². The summed E-state index contributed by atoms with van der Waals surface area (Å²) in [6.07, 6.45) is 6.36. The quantitative estimate of drug-likeness (QED) is 0.367. The maximum atomic E-state index is 13.4. The van der Waals surface area contributed by atoms with Gasteiger partial charge in [0.05, 0.1) is 16.8 Å². The van der Waals surface area contributed by atoms with Crippen molar-refractivity contribution in [3.63, 3.8) is 0 Å². The fraction of sp³-hybridized carbons (Fsp3) is 0.310. The molecule has 1 saturated heterocycles. The van der Waals surface area contributed by atoms with Gasteiger partial charge in [-0.2, -0.15) is 4.98 Å². The SMILES string of the molecule is CCNC(=O)c1cn(-c2ccc3c(c2)CCC3)c2nc(Nc3ccccc3N3CCNCC3)ncc2c1=O. The number of pyridine rings is 1. The molecule has 3 N–H and O–H groups in total. The van der Waals surface area contributed by atoms with Crippen molar-refractivity contribution in [3.05, 3.63) is 81.8 Å². The summed E-state index contributed by atoms with van der Waals surface area (Å²) < 4.78 is 1.84. The van der Waals surface area contributed by atoms with E-state index in [0.717, 1.165) is 62.5 Å². The van der Waals surface area contributed by atoms with Gasteiger partial charge in [-0.3, -0.25) is 9.59 Å². The van der Waals surface area contributed by atoms with Crippen LogP contribution in [-0.4, -0.2) is 53.2 Å². The van der Waals surface area contributed by atoms with Crippen molar-refractivity contribution in [1.82, 2.24) is 25.2 Å². The third-order valence-electron chi connectivity index (χ3n) is 7.29. The van der Waals surface area contributed by atoms with Gasteiger partial charge < -0.3 is 25.4 Å². The summed E-state index contributed by atoms with van der Waals surface area (Å²) in [5, 5.41) is 9.83. The van der Waals surface area contributed by atoms with Crippen molar-refractivity contribution in [2.45, 2.75) is 26.2 Å². The highest BCUT2D eigenvalue weighted by atomic mass is 16.2. The molecule has 2 aromatic carbocycles. The van der Waals surface area contributed by atoms with Crippen LogP contribution in [-0.2, 0) is 12.8 Å². The first-order chi connectivity index (χ1) is 18.6. The van der Waals surface area contributed by atoms with E-state index in [2.05, 4.69) is 44.0 Å². The van der Waals surface area contributed by atoms with Crippen LogP contribution in [0.1, 0.15) is 34.8 Å². The average Bonchev–Trinajstić information content (AvgIpc) is 3.42. The number of anilines is 3. The number of aromatic nitrogens is 3. The third-order valence-corrected chi connectivity index (χ3v) is 7.29. The van der Waals surface area contributed by atoms with Crippen LogP contribution >= 0.6 is 0 Å². The van der Waals surface area contributed by atoms with E-state index in [1.165, 1.54) is 17.3 Å². The number of rotatable bonds is 6. The lowest BCUT2D eigenvalue weighted by molar-refractivity contribution is 0.0954. The minimum atomic E-state index is -0.401. The Morgan fingerprint density at radius 1 is 1.08 bits per heavy atom. The minimum absolute atomic E-state index is 0.0770. The molecule has 0 atom stereocenters. The summed E-state index contributed by atoms with van der Waals surface area (Å²) in [5.74, 6) is -0.0124. The number of para-hydroxylation sites is 2. The number of hydrogen-bond donors (Lipinski definition) is 3. The van der Waals surface area contributed by atoms with E-state index in [4.69, 9.17) is 4.98 Å². The number of nitrogens with zero attached hydrogens (tertiary/aromatic N) is 4. The molecule has 1 aliphatic carbocycles. The molecule has 1 amide bonds. The summed E-state index contributed by atoms with van der Waals surface area (Å²) in [6, 6.07) is 14.4. The number of aryl methyl sites for hydroxylation is 2. The van der Waals surface area contributed by atoms with Crippen molar-refractivity contribution in [2.75, 3.05) is 42.9 Å². The van der Waals surface area contributed by atoms with Gasteiger partial charge in [-0.05, 0) is 61.6 Å². The first-order valence-corrected chi connectivity index (χ1v) is 13.3. The zero-order chi connectivity index (χ0) is 26.1. The highest BCUT2D eigenvalue weighted by Gasteiger charge is 2.20. The van der Waals surface area contributed by atoms with Crippen LogP contribution in [0.15, 0.2) is 59.7 Å². The zero-order valence-corrected chi connectivity index (χ0v) is 21.5. The second-order valence-electron chi connectivity index (χ2n) is 9.72. The fourth-order valence-electron chi connectivity index (χ4n) is 5.37. The van der Waals surface area contributed by atoms with Crippen LogP contribution in [0.3, 0.4) is 0 Å². The fourth-order valence-corrected chi connectivity index (χ4v) is 5.37. The maximum absolute atomic E-state index is 13.4. The van der Waals surface area contributed by atoms with E-state index >= 15 is 0 Å². The molecule has 0 radical (unpaired) electrons. The summed E-state index contributed by atoms with van der Waals surface area (Å²) in [5.41, 5.74) is 5.66. The molecular formula is C29H31N7O2. The molecule has 0 saturated carbocycles. The molecule has 1 fully saturated rings. The molecule has 1 aliphatic heterocycles. The molecule has 0 bridgehead atoms. The number of nitrogens with one attached hydrogen (secondary N) is 3. The summed E-state index contributed by atoms with van der Waals surface area (Å²) >= 11 is 0. The number of piperazine rings is 1. The molecule has 194 valence electrons. The topological polar surface area (TPSA) is 104 Å². The number of carbonyl (C=O) groups is 1. The van der Waals surface area contributed by atoms with E-state index in [-0.39, 0.29) is 11.0 Å². The first kappa shape index (κ1) is 24.1. The van der Waals surface area contributed by atoms with E-state index in [1.54, 1.807) is 6.20 Å². The Balaban J connectivity index is 1.46. The zero-order valence-electron chi connectivity index (χ0n) is 21.5. The Bertz CT molecular complexity index is 1570. The number of benzene rings is 2. The smallest absolute Gasteiger partial charge is 0.256 e. The summed E-state index contributed by atoms with van der Waals surface area (Å²) in [6.45, 7) is 5.96. The Kier molecular flexibility index (Phi) is 6.51. The molecule has 2 aliphatic rings. The molecule has 0 spiro atoms. The molecule has 0 unspecified atom stereocenters. The third kappa shape index (κ3) is 4.50. The van der Waals surface area contributed by atoms with Gasteiger partial charge in [0.2, 0.25) is 11.4 Å². The summed E-state index contributed by atoms with van der Waals surface area (Å²) in [7, 11) is 0. The Morgan fingerprint density at radius 3 is 2.74 bits per heavy atom. The normalized spacial score (nSPS) is 14.9. The van der Waals surface area contributed by atoms with Crippen LogP contribution < -0.4 is 26.3 Å². The lowest BCUT2D eigenvalue weighted by Crippen LogP contribution is -2.43. The second-order valence-corrected chi connectivity index (χ2v) is 9.72. The Hall–Kier alpha value is -4.24. The molecular weight excluding hydrogens is 478 g/mol. The molecule has 4 aromatic rings. The van der Waals surface area contributed by atoms with Crippen LogP contribution in [0.4, 0.5) is 17.3 Å². The van der Waals surface area contributed by atoms with Gasteiger partial charge in [0.1, 0.15) is 5.56 Å². The maximum Gasteiger partial charge on any atom is 0.256 e. The second kappa shape index (κ2) is 10.3. The molecule has 9 heteroatoms. The van der Waals surface area contributed by atoms with Gasteiger partial charge in [0.15, 0.2) is 5.65 Å². The van der Waals surface area contributed by atoms with Gasteiger partial charge in [-0.25, -0.2) is 4.98 Å². The molecule has 38 heavy (non-hydrogen) atoms. The van der Waals surface area contributed by atoms with Crippen LogP contribution in [0.25, 0.3) is 16.7 Å². The van der Waals surface area contributed by atoms with E-state index in [9.17, 15) is 9.59 Å². The van der Waals surface area contributed by atoms with Gasteiger partial charge in [0, 0.05) is 50.8 Å². The average molecular weight is 510 g/mol. The van der Waals surface area contributed by atoms with Crippen molar-refractivity contribution in [1.29, 1.82) is 0 Å². The van der Waals surface area contributed by atoms with Crippen molar-refractivity contribution >= 4 is 34.3 Å². The van der Waals surface area contributed by atoms with Gasteiger partial charge in [0.25, 0.3) is 5.91 Å². The highest BCUT2D eigenvalue weighted by Crippen LogP contribution is 2.29. The summed E-state index contributed by atoms with van der Waals surface area (Å²) in [4.78, 5) is 37.8. The number of fused-ring (bicyclic) bond motifs is 2. The largest absolute Gasteiger partial charge is 0.367 e. The Labute approximate surface area is 220 Å². The van der Waals surface area contributed by atoms with Crippen molar-refractivity contribution in [3.8, 4) is 5.69 Å². The van der Waals surface area contributed by atoms with Crippen molar-refractivity contribution in [2.24, 2.45) is 0 Å². The van der Waals surface area contributed by atoms with Crippen molar-refractivity contribution < 1.29 is 4.79 Å². The number of amides is 1. The van der Waals surface area contributed by atoms with Crippen LogP contribution in [0, 0.1) is 0 Å². The predicted octanol–water partition coefficient (Wildman–Crippen LogP) is 3.17. The van der Waals surface area contributed by atoms with Crippen LogP contribution in [0.5, 0.6) is 0 Å². The van der Waals surface area contributed by atoms with E-state index < -0.39 is 5.91 Å². The number of carbonyl (C=O) groups excluding carboxylic acids is 1. The first-order valence-electron chi connectivity index (χ1n) is 13.3. The Morgan fingerprint density at radius 2 is 1.89 bits per heavy atom. The lowest BCUT2D eigenvalue weighted by atomic mass is 10.1. The van der Waals surface area contributed by atoms with E-state index in [1.807, 2.05) is 35.8 Å². The molecule has 6 rings (SSSR count). The van der Waals surface area contributed by atoms with Crippen LogP contribution in [0.2, 0.25) is 0 Å². The van der Waals surface area contributed by atoms with Gasteiger partial charge in [-0.15, -0.1) is 0 Å². The minimum Gasteiger partial charge on any atom is -0.367 e. The predicted molar refractivity (Wildman–Crippen MR) is 150 cm³/mol. The van der Waals surface area contributed by atoms with Gasteiger partial charge >= 0.3 is 0 Å².